The van der Waals surface area contributed by atoms with E-state index in [1.807, 2.05) is 0 Å². The molecular weight excluding hydrogens is 298 g/mol. The van der Waals surface area contributed by atoms with Crippen molar-refractivity contribution >= 4 is 29.6 Å². The quantitative estimate of drug-likeness (QED) is 0.346. The molecule has 118 valence electrons. The average Bonchev–Trinajstić information content (AvgIpc) is 2.39. The molecule has 0 radical (unpaired) electrons. The second kappa shape index (κ2) is 6.12. The van der Waals surface area contributed by atoms with Crippen LogP contribution in [0.1, 0.15) is 22.3 Å². The highest BCUT2D eigenvalue weighted by molar-refractivity contribution is 6.16. The molecule has 0 unspecified atom stereocenters. The number of anilines is 1. The molecule has 0 aromatic heterocycles. The topological polar surface area (TPSA) is 175 Å². The SMILES string of the molecule is Nc1c(CCC(C(=O)O)(C(=O)O)C(=O)O)cccc1C(=O)O. The van der Waals surface area contributed by atoms with Gasteiger partial charge in [-0.15, -0.1) is 0 Å². The lowest BCUT2D eigenvalue weighted by Gasteiger charge is -2.20. The van der Waals surface area contributed by atoms with E-state index in [9.17, 15) is 19.2 Å². The number of hydrogen-bond acceptors (Lipinski definition) is 5. The summed E-state index contributed by atoms with van der Waals surface area (Å²) in [7, 11) is 0. The van der Waals surface area contributed by atoms with E-state index in [4.69, 9.17) is 26.2 Å². The third-order valence-corrected chi connectivity index (χ3v) is 3.29. The maximum atomic E-state index is 11.1. The van der Waals surface area contributed by atoms with Crippen LogP contribution in [0, 0.1) is 5.41 Å². The van der Waals surface area contributed by atoms with Gasteiger partial charge < -0.3 is 26.2 Å². The first kappa shape index (κ1) is 17.0. The molecule has 1 aromatic rings. The van der Waals surface area contributed by atoms with Crippen molar-refractivity contribution in [2.75, 3.05) is 5.73 Å². The van der Waals surface area contributed by atoms with Gasteiger partial charge in [0, 0.05) is 5.69 Å². The zero-order valence-corrected chi connectivity index (χ0v) is 11.1. The number of nitrogens with two attached hydrogens (primary N) is 1. The maximum absolute atomic E-state index is 11.1. The van der Waals surface area contributed by atoms with Gasteiger partial charge in [0.25, 0.3) is 5.41 Å². The number of para-hydroxylation sites is 1. The zero-order chi connectivity index (χ0) is 17.1. The summed E-state index contributed by atoms with van der Waals surface area (Å²) >= 11 is 0. The summed E-state index contributed by atoms with van der Waals surface area (Å²) in [5, 5.41) is 35.8. The van der Waals surface area contributed by atoms with Crippen LogP contribution >= 0.6 is 0 Å². The number of aliphatic carboxylic acids is 3. The van der Waals surface area contributed by atoms with Gasteiger partial charge in [0.2, 0.25) is 0 Å². The largest absolute Gasteiger partial charge is 0.480 e. The lowest BCUT2D eigenvalue weighted by molar-refractivity contribution is -0.176. The van der Waals surface area contributed by atoms with E-state index in [-0.39, 0.29) is 23.2 Å². The van der Waals surface area contributed by atoms with Crippen molar-refractivity contribution in [2.45, 2.75) is 12.8 Å². The number of rotatable bonds is 7. The van der Waals surface area contributed by atoms with Crippen molar-refractivity contribution in [1.29, 1.82) is 0 Å². The molecule has 0 fully saturated rings. The normalized spacial score (nSPS) is 10.9. The molecule has 0 bridgehead atoms. The molecule has 0 spiro atoms. The predicted molar refractivity (Wildman–Crippen MR) is 71.5 cm³/mol. The number of benzene rings is 1. The molecular formula is C13H13NO8. The minimum absolute atomic E-state index is 0.160. The molecule has 0 amide bonds. The Bertz CT molecular complexity index is 615. The van der Waals surface area contributed by atoms with Crippen LogP contribution in [-0.4, -0.2) is 44.3 Å². The number of aryl methyl sites for hydroxylation is 1. The number of carbonyl (C=O) groups is 4. The van der Waals surface area contributed by atoms with Gasteiger partial charge in [0.15, 0.2) is 0 Å². The molecule has 0 atom stereocenters. The van der Waals surface area contributed by atoms with Gasteiger partial charge in [-0.1, -0.05) is 12.1 Å². The smallest absolute Gasteiger partial charge is 0.337 e. The van der Waals surface area contributed by atoms with Crippen molar-refractivity contribution in [3.63, 3.8) is 0 Å². The van der Waals surface area contributed by atoms with Gasteiger partial charge in [0.1, 0.15) is 0 Å². The number of hydrogen-bond donors (Lipinski definition) is 5. The fraction of sp³-hybridized carbons (Fsp3) is 0.231. The van der Waals surface area contributed by atoms with Crippen LogP contribution in [0.25, 0.3) is 0 Å². The molecule has 9 nitrogen and oxygen atoms in total. The minimum Gasteiger partial charge on any atom is -0.480 e. The molecule has 0 saturated heterocycles. The molecule has 0 heterocycles. The Kier molecular flexibility index (Phi) is 4.72. The first-order valence-corrected chi connectivity index (χ1v) is 5.95. The zero-order valence-electron chi connectivity index (χ0n) is 11.1. The van der Waals surface area contributed by atoms with Crippen LogP contribution in [0.4, 0.5) is 5.69 Å². The van der Waals surface area contributed by atoms with E-state index in [1.165, 1.54) is 18.2 Å². The molecule has 1 rings (SSSR count). The monoisotopic (exact) mass is 311 g/mol. The molecule has 1 aromatic carbocycles. The molecule has 0 aliphatic rings. The van der Waals surface area contributed by atoms with Crippen LogP contribution in [0.15, 0.2) is 18.2 Å². The molecule has 0 aliphatic heterocycles. The summed E-state index contributed by atoms with van der Waals surface area (Å²) in [6.07, 6.45) is -1.10. The molecule has 6 N–H and O–H groups in total. The number of carboxylic acids is 4. The summed E-state index contributed by atoms with van der Waals surface area (Å²) < 4.78 is 0. The highest BCUT2D eigenvalue weighted by atomic mass is 16.4. The maximum Gasteiger partial charge on any atom is 0.337 e. The van der Waals surface area contributed by atoms with E-state index < -0.39 is 35.7 Å². The van der Waals surface area contributed by atoms with Crippen LogP contribution in [0.5, 0.6) is 0 Å². The second-order valence-corrected chi connectivity index (χ2v) is 4.50. The Morgan fingerprint density at radius 2 is 1.45 bits per heavy atom. The molecule has 0 saturated carbocycles. The van der Waals surface area contributed by atoms with Gasteiger partial charge >= 0.3 is 23.9 Å². The van der Waals surface area contributed by atoms with E-state index in [1.54, 1.807) is 0 Å². The Morgan fingerprint density at radius 3 is 1.86 bits per heavy atom. The van der Waals surface area contributed by atoms with E-state index in [2.05, 4.69) is 0 Å². The Hall–Kier alpha value is -3.10. The van der Waals surface area contributed by atoms with Gasteiger partial charge in [-0.25, -0.2) is 4.79 Å². The molecule has 9 heteroatoms. The summed E-state index contributed by atoms with van der Waals surface area (Å²) in [6, 6.07) is 3.94. The molecule has 0 aliphatic carbocycles. The fourth-order valence-corrected chi connectivity index (χ4v) is 1.93. The van der Waals surface area contributed by atoms with Crippen LogP contribution in [-0.2, 0) is 20.8 Å². The van der Waals surface area contributed by atoms with Crippen molar-refractivity contribution in [1.82, 2.24) is 0 Å². The van der Waals surface area contributed by atoms with Gasteiger partial charge in [-0.2, -0.15) is 0 Å². The van der Waals surface area contributed by atoms with E-state index in [0.717, 1.165) is 0 Å². The third kappa shape index (κ3) is 2.82. The van der Waals surface area contributed by atoms with E-state index >= 15 is 0 Å². The van der Waals surface area contributed by atoms with Crippen LogP contribution in [0.2, 0.25) is 0 Å². The standard InChI is InChI=1S/C13H13NO8/c14-8-6(2-1-3-7(8)9(15)16)4-5-13(10(17)18,11(19)20)12(21)22/h1-3H,4-5,14H2,(H,15,16)(H,17,18)(H,19,20)(H,21,22). The number of nitrogen functional groups attached to an aromatic ring is 1. The summed E-state index contributed by atoms with van der Waals surface area (Å²) in [4.78, 5) is 44.2. The highest BCUT2D eigenvalue weighted by Crippen LogP contribution is 2.28. The minimum atomic E-state index is -3.02. The summed E-state index contributed by atoms with van der Waals surface area (Å²) in [6.45, 7) is 0. The Balaban J connectivity index is 3.18. The van der Waals surface area contributed by atoms with Gasteiger partial charge in [-0.05, 0) is 24.5 Å². The first-order chi connectivity index (χ1) is 10.1. The number of aromatic carboxylic acids is 1. The van der Waals surface area contributed by atoms with Gasteiger partial charge in [0.05, 0.1) is 5.56 Å². The van der Waals surface area contributed by atoms with E-state index in [0.29, 0.717) is 0 Å². The third-order valence-electron chi connectivity index (χ3n) is 3.29. The number of carboxylic acid groups (broad SMARTS) is 4. The van der Waals surface area contributed by atoms with Crippen molar-refractivity contribution in [2.24, 2.45) is 5.41 Å². The fourth-order valence-electron chi connectivity index (χ4n) is 1.93. The Morgan fingerprint density at radius 1 is 0.955 bits per heavy atom. The van der Waals surface area contributed by atoms with Crippen LogP contribution < -0.4 is 5.73 Å². The van der Waals surface area contributed by atoms with Crippen molar-refractivity contribution in [3.8, 4) is 0 Å². The van der Waals surface area contributed by atoms with Crippen molar-refractivity contribution < 1.29 is 39.6 Å². The molecule has 22 heavy (non-hydrogen) atoms. The van der Waals surface area contributed by atoms with Gasteiger partial charge in [-0.3, -0.25) is 14.4 Å². The van der Waals surface area contributed by atoms with Crippen LogP contribution in [0.3, 0.4) is 0 Å². The highest BCUT2D eigenvalue weighted by Gasteiger charge is 2.54. The van der Waals surface area contributed by atoms with Crippen molar-refractivity contribution in [3.05, 3.63) is 29.3 Å². The Labute approximate surface area is 123 Å². The first-order valence-electron chi connectivity index (χ1n) is 5.95. The predicted octanol–water partition coefficient (Wildman–Crippen LogP) is 0.140. The summed E-state index contributed by atoms with van der Waals surface area (Å²) in [5.41, 5.74) is 2.36. The average molecular weight is 311 g/mol. The second-order valence-electron chi connectivity index (χ2n) is 4.50. The summed E-state index contributed by atoms with van der Waals surface area (Å²) in [5.74, 6) is -7.35. The lowest BCUT2D eigenvalue weighted by atomic mass is 9.81. The lowest BCUT2D eigenvalue weighted by Crippen LogP contribution is -2.46.